The third kappa shape index (κ3) is 6.89. The average molecular weight is 313 g/mol. The highest BCUT2D eigenvalue weighted by atomic mass is 16.4. The lowest BCUT2D eigenvalue weighted by molar-refractivity contribution is -0.138. The van der Waals surface area contributed by atoms with Crippen LogP contribution in [0.15, 0.2) is 0 Å². The van der Waals surface area contributed by atoms with Gasteiger partial charge in [-0.1, -0.05) is 26.7 Å². The van der Waals surface area contributed by atoms with Crippen molar-refractivity contribution in [3.05, 3.63) is 0 Å². The molecule has 0 bridgehead atoms. The Labute approximate surface area is 131 Å². The first kappa shape index (κ1) is 18.4. The molecule has 2 atom stereocenters. The minimum atomic E-state index is -0.985. The molecule has 1 aliphatic carbocycles. The van der Waals surface area contributed by atoms with Crippen LogP contribution < -0.4 is 10.6 Å². The van der Waals surface area contributed by atoms with Gasteiger partial charge < -0.3 is 10.4 Å². The van der Waals surface area contributed by atoms with Gasteiger partial charge in [0, 0.05) is 6.04 Å². The summed E-state index contributed by atoms with van der Waals surface area (Å²) in [6.07, 6.45) is 5.03. The second-order valence-electron chi connectivity index (χ2n) is 5.99. The molecule has 0 heterocycles. The molecule has 1 fully saturated rings. The molecule has 3 amide bonds. The minimum Gasteiger partial charge on any atom is -0.480 e. The molecule has 22 heavy (non-hydrogen) atoms. The Kier molecular flexibility index (Phi) is 7.87. The number of carbonyl (C=O) groups excluding carboxylic acids is 2. The molecule has 2 unspecified atom stereocenters. The third-order valence-corrected chi connectivity index (χ3v) is 3.95. The highest BCUT2D eigenvalue weighted by Crippen LogP contribution is 2.23. The number of amides is 3. The van der Waals surface area contributed by atoms with Crippen LogP contribution in [0.4, 0.5) is 4.79 Å². The maximum Gasteiger partial charge on any atom is 0.321 e. The van der Waals surface area contributed by atoms with E-state index in [-0.39, 0.29) is 19.1 Å². The number of hydrogen-bond donors (Lipinski definition) is 3. The number of carboxylic acids is 1. The van der Waals surface area contributed by atoms with Gasteiger partial charge in [-0.2, -0.15) is 0 Å². The number of hydrogen-bond acceptors (Lipinski definition) is 4. The van der Waals surface area contributed by atoms with Gasteiger partial charge in [-0.25, -0.2) is 4.79 Å². The van der Waals surface area contributed by atoms with Crippen LogP contribution in [-0.4, -0.2) is 53.6 Å². The fourth-order valence-corrected chi connectivity index (χ4v) is 2.83. The van der Waals surface area contributed by atoms with Gasteiger partial charge in [0.15, 0.2) is 0 Å². The van der Waals surface area contributed by atoms with Crippen LogP contribution in [0.2, 0.25) is 0 Å². The molecular formula is C15H27N3O4. The van der Waals surface area contributed by atoms with Crippen molar-refractivity contribution in [1.82, 2.24) is 15.5 Å². The summed E-state index contributed by atoms with van der Waals surface area (Å²) in [7, 11) is 0. The summed E-state index contributed by atoms with van der Waals surface area (Å²) >= 11 is 0. The van der Waals surface area contributed by atoms with Crippen molar-refractivity contribution in [2.24, 2.45) is 5.92 Å². The van der Waals surface area contributed by atoms with Crippen molar-refractivity contribution < 1.29 is 19.5 Å². The molecule has 126 valence electrons. The Hall–Kier alpha value is -1.63. The van der Waals surface area contributed by atoms with Gasteiger partial charge in [-0.3, -0.25) is 19.8 Å². The number of aliphatic carboxylic acids is 1. The van der Waals surface area contributed by atoms with E-state index in [1.165, 1.54) is 11.3 Å². The van der Waals surface area contributed by atoms with Crippen molar-refractivity contribution in [3.63, 3.8) is 0 Å². The van der Waals surface area contributed by atoms with Crippen molar-refractivity contribution in [3.8, 4) is 0 Å². The summed E-state index contributed by atoms with van der Waals surface area (Å²) < 4.78 is 0. The van der Waals surface area contributed by atoms with Crippen LogP contribution in [0.3, 0.4) is 0 Å². The lowest BCUT2D eigenvalue weighted by atomic mass is 9.86. The maximum atomic E-state index is 11.9. The Morgan fingerprint density at radius 2 is 1.86 bits per heavy atom. The minimum absolute atomic E-state index is 0.0895. The molecule has 7 heteroatoms. The fraction of sp³-hybridized carbons (Fsp3) is 0.800. The molecule has 7 nitrogen and oxygen atoms in total. The van der Waals surface area contributed by atoms with Crippen LogP contribution in [0, 0.1) is 5.92 Å². The highest BCUT2D eigenvalue weighted by molar-refractivity contribution is 5.95. The molecule has 1 aliphatic rings. The summed E-state index contributed by atoms with van der Waals surface area (Å²) in [6.45, 7) is 4.21. The predicted octanol–water partition coefficient (Wildman–Crippen LogP) is 1.19. The van der Waals surface area contributed by atoms with E-state index in [9.17, 15) is 14.4 Å². The highest BCUT2D eigenvalue weighted by Gasteiger charge is 2.23. The molecule has 1 rings (SSSR count). The van der Waals surface area contributed by atoms with E-state index in [0.29, 0.717) is 12.5 Å². The van der Waals surface area contributed by atoms with Crippen molar-refractivity contribution in [2.45, 2.75) is 52.0 Å². The zero-order valence-electron chi connectivity index (χ0n) is 13.4. The first-order valence-corrected chi connectivity index (χ1v) is 7.96. The van der Waals surface area contributed by atoms with Gasteiger partial charge in [0.2, 0.25) is 5.91 Å². The van der Waals surface area contributed by atoms with E-state index < -0.39 is 17.9 Å². The van der Waals surface area contributed by atoms with Gasteiger partial charge >= 0.3 is 12.0 Å². The number of nitrogens with zero attached hydrogens (tertiary/aromatic N) is 1. The third-order valence-electron chi connectivity index (χ3n) is 3.95. The van der Waals surface area contributed by atoms with Gasteiger partial charge in [-0.05, 0) is 31.7 Å². The van der Waals surface area contributed by atoms with Crippen LogP contribution in [0.5, 0.6) is 0 Å². The van der Waals surface area contributed by atoms with E-state index in [2.05, 4.69) is 17.6 Å². The van der Waals surface area contributed by atoms with Gasteiger partial charge in [0.05, 0.1) is 13.1 Å². The van der Waals surface area contributed by atoms with Gasteiger partial charge in [-0.15, -0.1) is 0 Å². The number of imide groups is 1. The van der Waals surface area contributed by atoms with E-state index in [0.717, 1.165) is 25.7 Å². The molecule has 0 aliphatic heterocycles. The summed E-state index contributed by atoms with van der Waals surface area (Å²) in [5.41, 5.74) is 0. The Morgan fingerprint density at radius 3 is 2.45 bits per heavy atom. The number of rotatable bonds is 7. The Balaban J connectivity index is 2.38. The Bertz CT molecular complexity index is 400. The topological polar surface area (TPSA) is 98.7 Å². The summed E-state index contributed by atoms with van der Waals surface area (Å²) in [6, 6.07) is -0.386. The fourth-order valence-electron chi connectivity index (χ4n) is 2.83. The molecule has 0 aromatic heterocycles. The van der Waals surface area contributed by atoms with E-state index >= 15 is 0 Å². The quantitative estimate of drug-likeness (QED) is 0.655. The molecule has 0 aromatic carbocycles. The van der Waals surface area contributed by atoms with Crippen molar-refractivity contribution in [1.29, 1.82) is 0 Å². The largest absolute Gasteiger partial charge is 0.480 e. The molecule has 0 spiro atoms. The van der Waals surface area contributed by atoms with Crippen LogP contribution in [-0.2, 0) is 9.59 Å². The number of carboxylic acid groups (broad SMARTS) is 1. The van der Waals surface area contributed by atoms with Crippen LogP contribution in [0.25, 0.3) is 0 Å². The summed E-state index contributed by atoms with van der Waals surface area (Å²) in [5, 5.41) is 13.9. The zero-order valence-corrected chi connectivity index (χ0v) is 13.4. The number of carbonyl (C=O) groups is 3. The van der Waals surface area contributed by atoms with Gasteiger partial charge in [0.1, 0.15) is 0 Å². The Morgan fingerprint density at radius 1 is 1.18 bits per heavy atom. The second kappa shape index (κ2) is 9.40. The lowest BCUT2D eigenvalue weighted by Gasteiger charge is -2.29. The second-order valence-corrected chi connectivity index (χ2v) is 5.99. The zero-order chi connectivity index (χ0) is 16.5. The normalized spacial score (nSPS) is 21.4. The summed E-state index contributed by atoms with van der Waals surface area (Å²) in [4.78, 5) is 35.9. The van der Waals surface area contributed by atoms with Crippen molar-refractivity contribution in [2.75, 3.05) is 19.6 Å². The lowest BCUT2D eigenvalue weighted by Crippen LogP contribution is -2.50. The predicted molar refractivity (Wildman–Crippen MR) is 82.5 cm³/mol. The van der Waals surface area contributed by atoms with Crippen molar-refractivity contribution >= 4 is 17.9 Å². The maximum absolute atomic E-state index is 11.9. The molecule has 3 N–H and O–H groups in total. The molecule has 0 radical (unpaired) electrons. The van der Waals surface area contributed by atoms with E-state index in [4.69, 9.17) is 5.11 Å². The number of nitrogens with one attached hydrogen (secondary N) is 2. The summed E-state index contributed by atoms with van der Waals surface area (Å²) in [5.74, 6) is -1.05. The van der Waals surface area contributed by atoms with Crippen LogP contribution in [0.1, 0.15) is 46.0 Å². The first-order valence-electron chi connectivity index (χ1n) is 7.96. The van der Waals surface area contributed by atoms with E-state index in [1.807, 2.05) is 6.92 Å². The molecule has 0 aromatic rings. The number of urea groups is 1. The first-order chi connectivity index (χ1) is 10.4. The van der Waals surface area contributed by atoms with E-state index in [1.54, 1.807) is 0 Å². The average Bonchev–Trinajstić information content (AvgIpc) is 2.40. The smallest absolute Gasteiger partial charge is 0.321 e. The van der Waals surface area contributed by atoms with Gasteiger partial charge in [0.25, 0.3) is 0 Å². The molecule has 1 saturated carbocycles. The molecular weight excluding hydrogens is 286 g/mol. The molecule has 0 saturated heterocycles. The monoisotopic (exact) mass is 313 g/mol. The van der Waals surface area contributed by atoms with Crippen LogP contribution >= 0.6 is 0 Å². The standard InChI is InChI=1S/C15H27N3O4/c1-3-8-18(10-14(20)21)9-13(19)17-15(22)16-12-7-5-4-6-11(12)2/h11-12H,3-10H2,1-2H3,(H,20,21)(H2,16,17,19,22). The SMILES string of the molecule is CCCN(CC(=O)O)CC(=O)NC(=O)NC1CCCCC1C.